The van der Waals surface area contributed by atoms with Gasteiger partial charge in [-0.3, -0.25) is 14.5 Å². The number of primary amides is 1. The van der Waals surface area contributed by atoms with Gasteiger partial charge in [-0.05, 0) is 67.6 Å². The number of carbonyl (C=O) groups is 2. The third kappa shape index (κ3) is 5.52. The van der Waals surface area contributed by atoms with Crippen molar-refractivity contribution in [2.75, 3.05) is 11.4 Å². The van der Waals surface area contributed by atoms with Crippen molar-refractivity contribution < 1.29 is 9.59 Å². The molecule has 32 heavy (non-hydrogen) atoms. The molecule has 0 saturated heterocycles. The van der Waals surface area contributed by atoms with Crippen molar-refractivity contribution in [3.63, 3.8) is 0 Å². The number of nitrogens with two attached hydrogens (primary N) is 3. The first-order valence-corrected chi connectivity index (χ1v) is 11.0. The van der Waals surface area contributed by atoms with E-state index in [1.165, 1.54) is 4.90 Å². The number of amides is 2. The van der Waals surface area contributed by atoms with Crippen molar-refractivity contribution in [2.45, 2.75) is 44.7 Å². The molecule has 2 atom stereocenters. The molecule has 6 N–H and O–H groups in total. The van der Waals surface area contributed by atoms with Gasteiger partial charge in [0, 0.05) is 5.69 Å². The summed E-state index contributed by atoms with van der Waals surface area (Å²) in [5.41, 5.74) is 20.5. The van der Waals surface area contributed by atoms with E-state index in [1.54, 1.807) is 0 Å². The molecular weight excluding hydrogens is 400 g/mol. The van der Waals surface area contributed by atoms with Crippen molar-refractivity contribution in [3.05, 3.63) is 77.9 Å². The molecule has 0 bridgehead atoms. The Balaban J connectivity index is 1.92. The number of hydrogen-bond acceptors (Lipinski definition) is 4. The van der Waals surface area contributed by atoms with Crippen molar-refractivity contribution in [3.8, 4) is 0 Å². The minimum Gasteiger partial charge on any atom is -0.368 e. The maximum absolute atomic E-state index is 13.6. The molecule has 0 aliphatic rings. The summed E-state index contributed by atoms with van der Waals surface area (Å²) in [6.07, 6.45) is 2.24. The number of unbranched alkanes of at least 4 members (excludes halogenated alkanes) is 1. The molecule has 3 aromatic rings. The third-order valence-electron chi connectivity index (χ3n) is 5.76. The van der Waals surface area contributed by atoms with Gasteiger partial charge in [0.15, 0.2) is 0 Å². The largest absolute Gasteiger partial charge is 0.368 e. The van der Waals surface area contributed by atoms with E-state index in [9.17, 15) is 9.59 Å². The molecule has 3 rings (SSSR count). The van der Waals surface area contributed by atoms with Gasteiger partial charge >= 0.3 is 0 Å². The Labute approximate surface area is 189 Å². The van der Waals surface area contributed by atoms with Crippen molar-refractivity contribution >= 4 is 28.3 Å². The number of rotatable bonds is 10. The SMILES string of the molecule is Cc1ccc(N(C(=O)C(N)Cc2cccc3ccccc23)C(CCCCN)C(N)=O)cc1. The van der Waals surface area contributed by atoms with Crippen molar-refractivity contribution in [1.82, 2.24) is 0 Å². The zero-order valence-electron chi connectivity index (χ0n) is 18.5. The fourth-order valence-electron chi connectivity index (χ4n) is 4.02. The Kier molecular flexibility index (Phi) is 7.98. The van der Waals surface area contributed by atoms with E-state index >= 15 is 0 Å². The highest BCUT2D eigenvalue weighted by molar-refractivity contribution is 6.03. The smallest absolute Gasteiger partial charge is 0.244 e. The number of hydrogen-bond donors (Lipinski definition) is 3. The number of carbonyl (C=O) groups excluding carboxylic acids is 2. The van der Waals surface area contributed by atoms with Crippen LogP contribution in [0, 0.1) is 6.92 Å². The summed E-state index contributed by atoms with van der Waals surface area (Å²) >= 11 is 0. The Bertz CT molecular complexity index is 1060. The molecule has 0 aromatic heterocycles. The Morgan fingerprint density at radius 3 is 2.31 bits per heavy atom. The molecule has 0 fully saturated rings. The molecule has 0 saturated carbocycles. The summed E-state index contributed by atoms with van der Waals surface area (Å²) < 4.78 is 0. The van der Waals surface area contributed by atoms with Crippen LogP contribution in [0.2, 0.25) is 0 Å². The van der Waals surface area contributed by atoms with Crippen LogP contribution in [0.3, 0.4) is 0 Å². The average molecular weight is 433 g/mol. The summed E-state index contributed by atoms with van der Waals surface area (Å²) in [5, 5.41) is 2.16. The van der Waals surface area contributed by atoms with E-state index in [2.05, 4.69) is 0 Å². The van der Waals surface area contributed by atoms with Gasteiger partial charge in [-0.15, -0.1) is 0 Å². The monoisotopic (exact) mass is 432 g/mol. The maximum atomic E-state index is 13.6. The second-order valence-corrected chi connectivity index (χ2v) is 8.20. The van der Waals surface area contributed by atoms with Crippen LogP contribution in [0.25, 0.3) is 10.8 Å². The molecule has 0 radical (unpaired) electrons. The molecular formula is C26H32N4O2. The second kappa shape index (κ2) is 10.9. The van der Waals surface area contributed by atoms with Gasteiger partial charge in [0.1, 0.15) is 6.04 Å². The number of nitrogens with zero attached hydrogens (tertiary/aromatic N) is 1. The van der Waals surface area contributed by atoms with Crippen LogP contribution in [0.15, 0.2) is 66.7 Å². The standard InChI is InChI=1S/C26H32N4O2/c1-18-12-14-21(15-13-18)30(24(25(29)31)11-4-5-16-27)26(32)23(28)17-20-9-6-8-19-7-2-3-10-22(19)20/h2-3,6-10,12-15,23-24H,4-5,11,16-17,27-28H2,1H3,(H2,29,31). The van der Waals surface area contributed by atoms with Crippen LogP contribution >= 0.6 is 0 Å². The highest BCUT2D eigenvalue weighted by Gasteiger charge is 2.32. The number of anilines is 1. The van der Waals surface area contributed by atoms with Crippen molar-refractivity contribution in [2.24, 2.45) is 17.2 Å². The normalized spacial score (nSPS) is 13.0. The van der Waals surface area contributed by atoms with Gasteiger partial charge in [-0.25, -0.2) is 0 Å². The predicted octanol–water partition coefficient (Wildman–Crippen LogP) is 3.03. The fraction of sp³-hybridized carbons (Fsp3) is 0.308. The summed E-state index contributed by atoms with van der Waals surface area (Å²) in [4.78, 5) is 27.5. The fourth-order valence-corrected chi connectivity index (χ4v) is 4.02. The number of fused-ring (bicyclic) bond motifs is 1. The van der Waals surface area contributed by atoms with Crippen LogP contribution in [0.4, 0.5) is 5.69 Å². The van der Waals surface area contributed by atoms with Gasteiger partial charge < -0.3 is 17.2 Å². The minimum atomic E-state index is -0.821. The lowest BCUT2D eigenvalue weighted by atomic mass is 9.97. The first-order valence-electron chi connectivity index (χ1n) is 11.0. The Hall–Kier alpha value is -3.22. The molecule has 2 amide bonds. The first kappa shape index (κ1) is 23.4. The molecule has 0 aliphatic carbocycles. The molecule has 0 heterocycles. The Morgan fingerprint density at radius 1 is 0.938 bits per heavy atom. The van der Waals surface area contributed by atoms with Crippen LogP contribution in [-0.4, -0.2) is 30.4 Å². The molecule has 168 valence electrons. The van der Waals surface area contributed by atoms with E-state index in [0.717, 1.165) is 28.3 Å². The van der Waals surface area contributed by atoms with Crippen LogP contribution < -0.4 is 22.1 Å². The zero-order valence-corrected chi connectivity index (χ0v) is 18.5. The predicted molar refractivity (Wildman–Crippen MR) is 130 cm³/mol. The summed E-state index contributed by atoms with van der Waals surface area (Å²) in [6.45, 7) is 2.49. The topological polar surface area (TPSA) is 115 Å². The highest BCUT2D eigenvalue weighted by Crippen LogP contribution is 2.24. The van der Waals surface area contributed by atoms with Crippen LogP contribution in [0.1, 0.15) is 30.4 Å². The van der Waals surface area contributed by atoms with Gasteiger partial charge in [0.25, 0.3) is 0 Å². The minimum absolute atomic E-state index is 0.321. The molecule has 6 heteroatoms. The quantitative estimate of drug-likeness (QED) is 0.427. The molecule has 3 aromatic carbocycles. The number of aryl methyl sites for hydroxylation is 1. The summed E-state index contributed by atoms with van der Waals surface area (Å²) in [5.74, 6) is -0.869. The number of benzene rings is 3. The van der Waals surface area contributed by atoms with Gasteiger partial charge in [-0.2, -0.15) is 0 Å². The molecule has 2 unspecified atom stereocenters. The lowest BCUT2D eigenvalue weighted by Crippen LogP contribution is -2.54. The van der Waals surface area contributed by atoms with Gasteiger partial charge in [0.2, 0.25) is 11.8 Å². The lowest BCUT2D eigenvalue weighted by molar-refractivity contribution is -0.125. The molecule has 0 aliphatic heterocycles. The van der Waals surface area contributed by atoms with Crippen LogP contribution in [0.5, 0.6) is 0 Å². The maximum Gasteiger partial charge on any atom is 0.244 e. The van der Waals surface area contributed by atoms with Gasteiger partial charge in [0.05, 0.1) is 6.04 Å². The van der Waals surface area contributed by atoms with Crippen molar-refractivity contribution in [1.29, 1.82) is 0 Å². The highest BCUT2D eigenvalue weighted by atomic mass is 16.2. The summed E-state index contributed by atoms with van der Waals surface area (Å²) in [7, 11) is 0. The lowest BCUT2D eigenvalue weighted by Gasteiger charge is -2.32. The van der Waals surface area contributed by atoms with Gasteiger partial charge in [-0.1, -0.05) is 60.2 Å². The van der Waals surface area contributed by atoms with E-state index < -0.39 is 18.0 Å². The van der Waals surface area contributed by atoms with E-state index in [4.69, 9.17) is 17.2 Å². The van der Waals surface area contributed by atoms with E-state index in [1.807, 2.05) is 73.7 Å². The Morgan fingerprint density at radius 2 is 1.62 bits per heavy atom. The second-order valence-electron chi connectivity index (χ2n) is 8.20. The average Bonchev–Trinajstić information content (AvgIpc) is 2.79. The van der Waals surface area contributed by atoms with Crippen LogP contribution in [-0.2, 0) is 16.0 Å². The summed E-state index contributed by atoms with van der Waals surface area (Å²) in [6, 6.07) is 19.9. The first-order chi connectivity index (χ1) is 15.4. The molecule has 6 nitrogen and oxygen atoms in total. The zero-order chi connectivity index (χ0) is 23.1. The molecule has 0 spiro atoms. The van der Waals surface area contributed by atoms with E-state index in [0.29, 0.717) is 31.5 Å². The van der Waals surface area contributed by atoms with E-state index in [-0.39, 0.29) is 5.91 Å². The third-order valence-corrected chi connectivity index (χ3v) is 5.76.